The Hall–Kier alpha value is -4.67. The summed E-state index contributed by atoms with van der Waals surface area (Å²) in [5, 5.41) is 5.22. The van der Waals surface area contributed by atoms with Gasteiger partial charge in [0.15, 0.2) is 0 Å². The van der Waals surface area contributed by atoms with Crippen molar-refractivity contribution >= 4 is 87.9 Å². The molecule has 71 heavy (non-hydrogen) atoms. The molecular weight excluding hydrogens is 1020 g/mol. The van der Waals surface area contributed by atoms with Gasteiger partial charge in [0.1, 0.15) is 5.60 Å². The molecule has 2 aliphatic heterocycles. The molecule has 1 amide bonds. The number of nitrogens with zero attached hydrogens (tertiary/aromatic N) is 6. The number of alkyl carbamates (subject to hydrolysis) is 1. The predicted octanol–water partition coefficient (Wildman–Crippen LogP) is 13.1. The van der Waals surface area contributed by atoms with Crippen LogP contribution in [0.4, 0.5) is 16.7 Å². The van der Waals surface area contributed by atoms with Crippen molar-refractivity contribution in [3.63, 3.8) is 0 Å². The van der Waals surface area contributed by atoms with Gasteiger partial charge in [-0.1, -0.05) is 131 Å². The van der Waals surface area contributed by atoms with Crippen molar-refractivity contribution in [1.29, 1.82) is 0 Å². The molecule has 6 aromatic rings. The zero-order valence-corrected chi connectivity index (χ0v) is 44.8. The van der Waals surface area contributed by atoms with Crippen molar-refractivity contribution in [1.82, 2.24) is 25.3 Å². The van der Waals surface area contributed by atoms with Crippen LogP contribution in [0.5, 0.6) is 11.8 Å². The number of carbonyl (C=O) groups is 1. The second-order valence-corrected chi connectivity index (χ2v) is 23.1. The number of fused-ring (bicyclic) bond motifs is 2. The summed E-state index contributed by atoms with van der Waals surface area (Å²) in [4.78, 5) is 39.2. The summed E-state index contributed by atoms with van der Waals surface area (Å²) in [7, 11) is 3.22. The summed E-state index contributed by atoms with van der Waals surface area (Å²) in [5.41, 5.74) is 11.3. The number of carbonyl (C=O) groups excluding carboxylic acids is 1. The minimum atomic E-state index is -0.558. The average molecular weight is 1080 g/mol. The van der Waals surface area contributed by atoms with Crippen LogP contribution >= 0.6 is 69.9 Å². The van der Waals surface area contributed by atoms with Crippen LogP contribution in [0.1, 0.15) is 80.8 Å². The molecule has 2 fully saturated rings. The number of methoxy groups -OCH3 is 2. The number of anilines is 2. The van der Waals surface area contributed by atoms with Gasteiger partial charge in [-0.25, -0.2) is 14.8 Å². The Bertz CT molecular complexity index is 2910. The lowest BCUT2D eigenvalue weighted by atomic mass is 9.73. The van der Waals surface area contributed by atoms with Crippen LogP contribution in [0.2, 0.25) is 20.1 Å². The first-order valence-corrected chi connectivity index (χ1v) is 26.7. The van der Waals surface area contributed by atoms with Crippen LogP contribution in [0.15, 0.2) is 117 Å². The van der Waals surface area contributed by atoms with Crippen molar-refractivity contribution in [2.75, 3.05) is 50.2 Å². The standard InChI is InChI=1S/C29H32Cl2N4O3S.C24H24Cl2N4OS/c1-28(2,3)38-27(36)33-24-19-9-6-5-8-18(19)16-29(24)12-14-35(15-13-29)26-32-17-22(25(34-26)37-4)39-21-11-7-10-20(30)23(21)31;1-31-22-19(32-18-8-4-7-17(25)20(18)26)14-28-23(29-22)30-11-9-24(10-12-30)13-15-5-2-3-6-16(15)21(24)27/h5-11,17,24H,12-16H2,1-4H3,(H,33,36);2-8,14,21H,9-13,27H2,1H3/t24-;21-/m11/s1. The molecule has 18 heteroatoms. The number of hydrogen-bond donors (Lipinski definition) is 2. The monoisotopic (exact) mass is 1070 g/mol. The molecule has 3 N–H and O–H groups in total. The fourth-order valence-corrected chi connectivity index (χ4v) is 13.1. The van der Waals surface area contributed by atoms with E-state index < -0.39 is 5.60 Å². The van der Waals surface area contributed by atoms with Gasteiger partial charge in [-0.2, -0.15) is 9.97 Å². The summed E-state index contributed by atoms with van der Waals surface area (Å²) in [6.07, 6.45) is 8.94. The highest BCUT2D eigenvalue weighted by Gasteiger charge is 2.49. The van der Waals surface area contributed by atoms with E-state index in [9.17, 15) is 4.79 Å². The average Bonchev–Trinajstić information content (AvgIpc) is 3.80. The summed E-state index contributed by atoms with van der Waals surface area (Å²) in [5.74, 6) is 2.32. The zero-order valence-electron chi connectivity index (χ0n) is 40.2. The van der Waals surface area contributed by atoms with Crippen LogP contribution in [-0.2, 0) is 17.6 Å². The van der Waals surface area contributed by atoms with Gasteiger partial charge in [0.2, 0.25) is 23.7 Å². The van der Waals surface area contributed by atoms with Gasteiger partial charge in [-0.3, -0.25) is 0 Å². The third-order valence-corrected chi connectivity index (χ3v) is 17.9. The van der Waals surface area contributed by atoms with E-state index in [0.717, 1.165) is 84.3 Å². The lowest BCUT2D eigenvalue weighted by Gasteiger charge is -2.43. The maximum absolute atomic E-state index is 12.8. The molecule has 372 valence electrons. The maximum Gasteiger partial charge on any atom is 0.408 e. The maximum atomic E-state index is 12.8. The summed E-state index contributed by atoms with van der Waals surface area (Å²) < 4.78 is 16.8. The molecule has 4 aliphatic rings. The summed E-state index contributed by atoms with van der Waals surface area (Å²) >= 11 is 27.9. The number of aromatic nitrogens is 4. The first-order valence-electron chi connectivity index (χ1n) is 23.6. The number of hydrogen-bond acceptors (Lipinski definition) is 13. The van der Waals surface area contributed by atoms with E-state index in [1.54, 1.807) is 38.7 Å². The number of halogens is 4. The second-order valence-electron chi connectivity index (χ2n) is 19.4. The summed E-state index contributed by atoms with van der Waals surface area (Å²) in [6, 6.07) is 28.0. The van der Waals surface area contributed by atoms with E-state index in [1.807, 2.05) is 51.1 Å². The molecule has 2 spiro atoms. The fourth-order valence-electron chi connectivity index (χ4n) is 10.3. The molecule has 0 radical (unpaired) electrons. The van der Waals surface area contributed by atoms with E-state index in [2.05, 4.69) is 67.5 Å². The normalized spacial score (nSPS) is 18.6. The molecular formula is C53H56Cl4N8O4S2. The van der Waals surface area contributed by atoms with E-state index in [-0.39, 0.29) is 29.0 Å². The number of rotatable bonds is 9. The Morgan fingerprint density at radius 1 is 0.648 bits per heavy atom. The Morgan fingerprint density at radius 2 is 1.10 bits per heavy atom. The van der Waals surface area contributed by atoms with Gasteiger partial charge in [-0.05, 0) is 111 Å². The molecule has 2 atom stereocenters. The molecule has 0 bridgehead atoms. The lowest BCUT2D eigenvalue weighted by molar-refractivity contribution is 0.0427. The van der Waals surface area contributed by atoms with Gasteiger partial charge >= 0.3 is 6.09 Å². The van der Waals surface area contributed by atoms with Crippen molar-refractivity contribution in [2.45, 2.75) is 96.6 Å². The smallest absolute Gasteiger partial charge is 0.408 e. The van der Waals surface area contributed by atoms with Gasteiger partial charge in [0.05, 0.1) is 62.5 Å². The summed E-state index contributed by atoms with van der Waals surface area (Å²) in [6.45, 7) is 8.91. The molecule has 4 heterocycles. The van der Waals surface area contributed by atoms with Gasteiger partial charge < -0.3 is 35.1 Å². The topological polar surface area (TPSA) is 141 Å². The first kappa shape index (κ1) is 51.2. The van der Waals surface area contributed by atoms with Crippen molar-refractivity contribution in [3.8, 4) is 11.8 Å². The van der Waals surface area contributed by atoms with E-state index in [4.69, 9.17) is 76.3 Å². The van der Waals surface area contributed by atoms with Gasteiger partial charge in [-0.15, -0.1) is 0 Å². The second kappa shape index (κ2) is 21.4. The molecule has 2 aromatic heterocycles. The van der Waals surface area contributed by atoms with E-state index in [0.29, 0.717) is 43.7 Å². The number of benzene rings is 4. The molecule has 10 rings (SSSR count). The van der Waals surface area contributed by atoms with Gasteiger partial charge in [0, 0.05) is 47.4 Å². The van der Waals surface area contributed by atoms with Crippen molar-refractivity contribution in [3.05, 3.63) is 140 Å². The highest BCUT2D eigenvalue weighted by molar-refractivity contribution is 7.99. The van der Waals surface area contributed by atoms with Crippen LogP contribution in [0.3, 0.4) is 0 Å². The molecule has 2 aliphatic carbocycles. The molecule has 12 nitrogen and oxygen atoms in total. The lowest BCUT2D eigenvalue weighted by Crippen LogP contribution is -2.48. The number of ether oxygens (including phenoxy) is 3. The molecule has 0 saturated carbocycles. The number of nitrogens with one attached hydrogen (secondary N) is 1. The van der Waals surface area contributed by atoms with Crippen molar-refractivity contribution < 1.29 is 19.0 Å². The van der Waals surface area contributed by atoms with Crippen molar-refractivity contribution in [2.24, 2.45) is 16.6 Å². The number of amides is 1. The van der Waals surface area contributed by atoms with E-state index >= 15 is 0 Å². The third-order valence-electron chi connectivity index (χ3n) is 13.9. The predicted molar refractivity (Wildman–Crippen MR) is 285 cm³/mol. The molecule has 2 saturated heterocycles. The van der Waals surface area contributed by atoms with Crippen LogP contribution in [0.25, 0.3) is 0 Å². The fraction of sp³-hybridized carbons (Fsp3) is 0.377. The Kier molecular flexibility index (Phi) is 15.5. The zero-order chi connectivity index (χ0) is 50.1. The Balaban J connectivity index is 0.000000179. The van der Waals surface area contributed by atoms with E-state index in [1.165, 1.54) is 45.8 Å². The highest BCUT2D eigenvalue weighted by atomic mass is 35.5. The quantitative estimate of drug-likeness (QED) is 0.142. The molecule has 4 aromatic carbocycles. The van der Waals surface area contributed by atoms with Crippen LogP contribution in [-0.4, -0.2) is 72.0 Å². The van der Waals surface area contributed by atoms with Crippen LogP contribution < -0.4 is 30.3 Å². The molecule has 0 unspecified atom stereocenters. The first-order chi connectivity index (χ1) is 34.1. The highest BCUT2D eigenvalue weighted by Crippen LogP contribution is 2.53. The minimum absolute atomic E-state index is 0.0949. The number of nitrogens with two attached hydrogens (primary N) is 1. The Morgan fingerprint density at radius 3 is 1.58 bits per heavy atom. The minimum Gasteiger partial charge on any atom is -0.480 e. The largest absolute Gasteiger partial charge is 0.480 e. The number of piperidine rings is 2. The SMILES string of the molecule is COc1nc(N2CCC3(CC2)Cc2ccccc2[C@H]3N)ncc1Sc1cccc(Cl)c1Cl.COc1nc(N2CCC3(CC2)Cc2ccccc2[C@H]3NC(=O)OC(C)(C)C)ncc1Sc1cccc(Cl)c1Cl. The van der Waals surface area contributed by atoms with Crippen LogP contribution in [0, 0.1) is 10.8 Å². The Labute approximate surface area is 444 Å². The van der Waals surface area contributed by atoms with Gasteiger partial charge in [0.25, 0.3) is 0 Å². The third kappa shape index (κ3) is 11.0.